The molecule has 3 amide bonds. The van der Waals surface area contributed by atoms with E-state index in [4.69, 9.17) is 4.74 Å². The number of anilines is 2. The van der Waals surface area contributed by atoms with Gasteiger partial charge < -0.3 is 28.7 Å². The quantitative estimate of drug-likeness (QED) is 0.190. The lowest BCUT2D eigenvalue weighted by Gasteiger charge is -2.33. The van der Waals surface area contributed by atoms with Gasteiger partial charge in [-0.05, 0) is 42.4 Å². The Labute approximate surface area is 264 Å². The van der Waals surface area contributed by atoms with Gasteiger partial charge in [-0.1, -0.05) is 67.6 Å². The summed E-state index contributed by atoms with van der Waals surface area (Å²) in [6, 6.07) is 24.7. The molecule has 1 spiro atoms. The number of rotatable bonds is 10. The Morgan fingerprint density at radius 3 is 2.29 bits per heavy atom. The van der Waals surface area contributed by atoms with E-state index in [2.05, 4.69) is 0 Å². The maximum Gasteiger partial charge on any atom is 0.264 e. The average Bonchev–Trinajstić information content (AvgIpc) is 3.43. The molecule has 2 saturated heterocycles. The van der Waals surface area contributed by atoms with Crippen molar-refractivity contribution < 1.29 is 28.3 Å². The van der Waals surface area contributed by atoms with E-state index < -0.39 is 31.6 Å². The van der Waals surface area contributed by atoms with Crippen LogP contribution >= 0.6 is 0 Å². The van der Waals surface area contributed by atoms with Crippen LogP contribution in [0.25, 0.3) is 0 Å². The third-order valence-corrected chi connectivity index (χ3v) is 12.1. The summed E-state index contributed by atoms with van der Waals surface area (Å²) in [7, 11) is -3.51. The van der Waals surface area contributed by atoms with Crippen LogP contribution in [0.2, 0.25) is 18.6 Å². The molecule has 1 N–H and O–H groups in total. The third kappa shape index (κ3) is 5.60. The van der Waals surface area contributed by atoms with Gasteiger partial charge in [0.25, 0.3) is 5.91 Å². The number of aliphatic hydroxyl groups is 1. The lowest BCUT2D eigenvalue weighted by atomic mass is 9.82. The molecule has 0 aromatic heterocycles. The highest BCUT2D eigenvalue weighted by atomic mass is 28.4. The van der Waals surface area contributed by atoms with E-state index in [1.165, 1.54) is 0 Å². The minimum absolute atomic E-state index is 0.0101. The summed E-state index contributed by atoms with van der Waals surface area (Å²) in [5.41, 5.74) is 1.64. The van der Waals surface area contributed by atoms with Crippen LogP contribution in [0.5, 0.6) is 0 Å². The standard InChI is InChI=1S/C35H40FN3O5Si/c1-24-33(45(2,3)36)30(21-32(42)37(18-19-40)22-25-10-6-4-7-11-25)44-35(24)28-20-27(38-17-16-31(38)41)14-15-29(28)39(34(35)43)23-26-12-8-5-9-13-26/h4-15,20,24,30,33,40H,16-19,21-23H2,1-3H3/t24-,30+,33-,35+/m0/s1. The van der Waals surface area contributed by atoms with Gasteiger partial charge in [0.2, 0.25) is 20.2 Å². The largest absolute Gasteiger partial charge is 0.395 e. The van der Waals surface area contributed by atoms with Crippen LogP contribution in [0.1, 0.15) is 36.5 Å². The van der Waals surface area contributed by atoms with E-state index >= 15 is 4.11 Å². The van der Waals surface area contributed by atoms with Crippen LogP contribution in [0.3, 0.4) is 0 Å². The van der Waals surface area contributed by atoms with Crippen LogP contribution in [-0.4, -0.2) is 61.9 Å². The van der Waals surface area contributed by atoms with Gasteiger partial charge in [-0.3, -0.25) is 14.4 Å². The monoisotopic (exact) mass is 629 g/mol. The normalized spacial score (nSPS) is 24.2. The summed E-state index contributed by atoms with van der Waals surface area (Å²) in [4.78, 5) is 45.9. The van der Waals surface area contributed by atoms with E-state index in [0.29, 0.717) is 43.0 Å². The Bertz CT molecular complexity index is 1580. The molecule has 8 nitrogen and oxygen atoms in total. The minimum Gasteiger partial charge on any atom is -0.395 e. The van der Waals surface area contributed by atoms with Crippen LogP contribution in [0.4, 0.5) is 15.5 Å². The van der Waals surface area contributed by atoms with Crippen molar-refractivity contribution in [2.75, 3.05) is 29.5 Å². The molecule has 4 atom stereocenters. The Kier molecular flexibility index (Phi) is 8.40. The summed E-state index contributed by atoms with van der Waals surface area (Å²) >= 11 is 0. The number of carbonyl (C=O) groups excluding carboxylic acids is 3. The fourth-order valence-electron chi connectivity index (χ4n) is 7.43. The first-order valence-electron chi connectivity index (χ1n) is 15.6. The average molecular weight is 630 g/mol. The van der Waals surface area contributed by atoms with Crippen molar-refractivity contribution in [1.29, 1.82) is 0 Å². The Balaban J connectivity index is 1.39. The number of nitrogens with zero attached hydrogens (tertiary/aromatic N) is 3. The number of aliphatic hydroxyl groups excluding tert-OH is 1. The summed E-state index contributed by atoms with van der Waals surface area (Å²) in [6.45, 7) is 6.20. The van der Waals surface area contributed by atoms with Gasteiger partial charge >= 0.3 is 0 Å². The van der Waals surface area contributed by atoms with Crippen molar-refractivity contribution in [2.24, 2.45) is 5.92 Å². The molecule has 0 radical (unpaired) electrons. The maximum absolute atomic E-state index is 16.4. The predicted octanol–water partition coefficient (Wildman–Crippen LogP) is 5.16. The summed E-state index contributed by atoms with van der Waals surface area (Å²) < 4.78 is 23.2. The molecule has 6 rings (SSSR count). The first-order chi connectivity index (χ1) is 21.5. The summed E-state index contributed by atoms with van der Waals surface area (Å²) in [6.07, 6.45) is -0.496. The number of hydrogen-bond donors (Lipinski definition) is 1. The summed E-state index contributed by atoms with van der Waals surface area (Å²) in [5.74, 6) is -1.11. The second-order valence-electron chi connectivity index (χ2n) is 12.9. The molecule has 0 aliphatic carbocycles. The molecule has 0 saturated carbocycles. The molecule has 0 bridgehead atoms. The highest BCUT2D eigenvalue weighted by molar-refractivity contribution is 6.72. The van der Waals surface area contributed by atoms with Gasteiger partial charge in [-0.15, -0.1) is 0 Å². The number of halogens is 1. The van der Waals surface area contributed by atoms with Crippen molar-refractivity contribution >= 4 is 37.5 Å². The van der Waals surface area contributed by atoms with Gasteiger partial charge in [0.15, 0.2) is 5.60 Å². The lowest BCUT2D eigenvalue weighted by Crippen LogP contribution is -2.45. The Morgan fingerprint density at radius 1 is 1.04 bits per heavy atom. The van der Waals surface area contributed by atoms with Crippen LogP contribution < -0.4 is 9.80 Å². The van der Waals surface area contributed by atoms with Gasteiger partial charge in [-0.2, -0.15) is 0 Å². The molecule has 0 unspecified atom stereocenters. The zero-order valence-electron chi connectivity index (χ0n) is 26.0. The molecule has 3 aliphatic heterocycles. The fraction of sp³-hybridized carbons (Fsp3) is 0.400. The van der Waals surface area contributed by atoms with E-state index in [9.17, 15) is 19.5 Å². The van der Waals surface area contributed by atoms with Crippen LogP contribution in [0.15, 0.2) is 78.9 Å². The van der Waals surface area contributed by atoms with E-state index in [0.717, 1.165) is 11.1 Å². The molecule has 3 aromatic carbocycles. The van der Waals surface area contributed by atoms with E-state index in [-0.39, 0.29) is 37.3 Å². The first-order valence-corrected chi connectivity index (χ1v) is 18.6. The number of hydrogen-bond acceptors (Lipinski definition) is 5. The van der Waals surface area contributed by atoms with Gasteiger partial charge in [0, 0.05) is 48.8 Å². The maximum atomic E-state index is 16.4. The number of carbonyl (C=O) groups is 3. The highest BCUT2D eigenvalue weighted by Gasteiger charge is 2.67. The van der Waals surface area contributed by atoms with Crippen molar-refractivity contribution in [3.8, 4) is 0 Å². The second-order valence-corrected chi connectivity index (χ2v) is 16.7. The molecule has 236 valence electrons. The number of fused-ring (bicyclic) bond motifs is 2. The Hall–Kier alpha value is -3.86. The molecule has 10 heteroatoms. The molecular weight excluding hydrogens is 589 g/mol. The highest BCUT2D eigenvalue weighted by Crippen LogP contribution is 2.60. The van der Waals surface area contributed by atoms with Gasteiger partial charge in [0.1, 0.15) is 0 Å². The number of benzene rings is 3. The lowest BCUT2D eigenvalue weighted by molar-refractivity contribution is -0.150. The van der Waals surface area contributed by atoms with Crippen molar-refractivity contribution in [2.45, 2.75) is 63.2 Å². The van der Waals surface area contributed by atoms with Gasteiger partial charge in [-0.25, -0.2) is 0 Å². The number of β-lactam (4-membered cyclic amide) rings is 1. The zero-order valence-corrected chi connectivity index (χ0v) is 27.0. The van der Waals surface area contributed by atoms with Gasteiger partial charge in [0.05, 0.1) is 31.4 Å². The summed E-state index contributed by atoms with van der Waals surface area (Å²) in [5, 5.41) is 9.77. The first kappa shape index (κ1) is 31.1. The number of amides is 3. The van der Waals surface area contributed by atoms with Crippen LogP contribution in [-0.2, 0) is 37.8 Å². The Morgan fingerprint density at radius 2 is 1.71 bits per heavy atom. The molecular formula is C35H40FN3O5Si. The van der Waals surface area contributed by atoms with Crippen molar-refractivity contribution in [1.82, 2.24) is 4.90 Å². The topological polar surface area (TPSA) is 90.4 Å². The SMILES string of the molecule is C[C@H]1[C@H]([Si](C)(C)F)[C@@H](CC(=O)N(CCO)Cc2ccccc2)O[C@]12C(=O)N(Cc1ccccc1)c1ccc(N3CCC3=O)cc12. The van der Waals surface area contributed by atoms with Crippen LogP contribution in [0, 0.1) is 5.92 Å². The molecule has 45 heavy (non-hydrogen) atoms. The second kappa shape index (κ2) is 12.1. The fourth-order valence-corrected chi connectivity index (χ4v) is 9.93. The molecule has 3 aliphatic rings. The van der Waals surface area contributed by atoms with E-state index in [1.807, 2.05) is 85.8 Å². The van der Waals surface area contributed by atoms with Crippen molar-refractivity contribution in [3.63, 3.8) is 0 Å². The minimum atomic E-state index is -3.51. The number of ether oxygens (including phenoxy) is 1. The van der Waals surface area contributed by atoms with Crippen molar-refractivity contribution in [3.05, 3.63) is 95.6 Å². The molecule has 2 fully saturated rings. The third-order valence-electron chi connectivity index (χ3n) is 9.60. The smallest absolute Gasteiger partial charge is 0.264 e. The molecule has 3 heterocycles. The zero-order chi connectivity index (χ0) is 31.9. The predicted molar refractivity (Wildman–Crippen MR) is 173 cm³/mol. The molecule has 3 aromatic rings. The van der Waals surface area contributed by atoms with E-state index in [1.54, 1.807) is 27.8 Å².